The molecule has 0 aliphatic carbocycles. The fourth-order valence-corrected chi connectivity index (χ4v) is 4.69. The van der Waals surface area contributed by atoms with Gasteiger partial charge < -0.3 is 14.8 Å². The molecule has 0 atom stereocenters. The molecule has 1 aromatic heterocycles. The molecule has 1 N–H and O–H groups in total. The van der Waals surface area contributed by atoms with Crippen molar-refractivity contribution in [1.82, 2.24) is 14.8 Å². The Balaban J connectivity index is 1.64. The largest absolute Gasteiger partial charge is 0.340 e. The number of benzene rings is 1. The van der Waals surface area contributed by atoms with Crippen molar-refractivity contribution >= 4 is 11.8 Å². The van der Waals surface area contributed by atoms with Crippen molar-refractivity contribution < 1.29 is 9.59 Å². The highest BCUT2D eigenvalue weighted by Crippen LogP contribution is 2.21. The van der Waals surface area contributed by atoms with E-state index < -0.39 is 0 Å². The predicted molar refractivity (Wildman–Crippen MR) is 127 cm³/mol. The smallest absolute Gasteiger partial charge is 0.266 e. The molecule has 0 saturated carbocycles. The number of likely N-dealkylation sites (tertiary alicyclic amines) is 1. The number of aromatic nitrogens is 1. The zero-order valence-electron chi connectivity index (χ0n) is 19.7. The molecule has 2 heterocycles. The Bertz CT molecular complexity index is 1090. The summed E-state index contributed by atoms with van der Waals surface area (Å²) >= 11 is 0. The lowest BCUT2D eigenvalue weighted by atomic mass is 9.97. The SMILES string of the molecule is CCCN(C(=O)CCc1c(C)[nH]c(=O)c(C#N)c1C)C1CCN(C(=O)c2ccccc2)CC1. The van der Waals surface area contributed by atoms with Crippen LogP contribution in [0.2, 0.25) is 0 Å². The highest BCUT2D eigenvalue weighted by molar-refractivity contribution is 5.94. The third-order valence-electron chi connectivity index (χ3n) is 6.51. The van der Waals surface area contributed by atoms with Gasteiger partial charge in [0.05, 0.1) is 0 Å². The van der Waals surface area contributed by atoms with Crippen LogP contribution >= 0.6 is 0 Å². The fourth-order valence-electron chi connectivity index (χ4n) is 4.69. The van der Waals surface area contributed by atoms with Crippen molar-refractivity contribution in [3.8, 4) is 6.07 Å². The minimum atomic E-state index is -0.382. The van der Waals surface area contributed by atoms with Gasteiger partial charge in [-0.3, -0.25) is 14.4 Å². The number of carbonyl (C=O) groups is 2. The first-order valence-corrected chi connectivity index (χ1v) is 11.6. The van der Waals surface area contributed by atoms with Crippen LogP contribution in [-0.2, 0) is 11.2 Å². The van der Waals surface area contributed by atoms with Crippen molar-refractivity contribution in [2.45, 2.75) is 58.9 Å². The zero-order valence-corrected chi connectivity index (χ0v) is 19.7. The van der Waals surface area contributed by atoms with Gasteiger partial charge in [-0.15, -0.1) is 0 Å². The fraction of sp³-hybridized carbons (Fsp3) is 0.462. The van der Waals surface area contributed by atoms with Gasteiger partial charge in [0.2, 0.25) is 5.91 Å². The molecule has 7 heteroatoms. The third-order valence-corrected chi connectivity index (χ3v) is 6.51. The molecule has 1 aliphatic rings. The number of amides is 2. The topological polar surface area (TPSA) is 97.3 Å². The molecule has 1 aromatic carbocycles. The molecule has 3 rings (SSSR count). The molecule has 33 heavy (non-hydrogen) atoms. The maximum absolute atomic E-state index is 13.2. The number of nitriles is 1. The lowest BCUT2D eigenvalue weighted by Gasteiger charge is -2.38. The molecule has 2 aromatic rings. The molecule has 7 nitrogen and oxygen atoms in total. The number of nitrogens with zero attached hydrogens (tertiary/aromatic N) is 3. The summed E-state index contributed by atoms with van der Waals surface area (Å²) in [5.74, 6) is 0.118. The van der Waals surface area contributed by atoms with Crippen LogP contribution in [-0.4, -0.2) is 52.3 Å². The number of H-pyrrole nitrogens is 1. The molecular formula is C26H32N4O3. The maximum Gasteiger partial charge on any atom is 0.266 e. The molecular weight excluding hydrogens is 416 g/mol. The van der Waals surface area contributed by atoms with Gasteiger partial charge in [0.15, 0.2) is 0 Å². The van der Waals surface area contributed by atoms with Gasteiger partial charge in [0.1, 0.15) is 11.6 Å². The second-order valence-corrected chi connectivity index (χ2v) is 8.65. The Kier molecular flexibility index (Phi) is 8.05. The molecule has 0 spiro atoms. The first-order chi connectivity index (χ1) is 15.9. The molecule has 1 saturated heterocycles. The molecule has 0 unspecified atom stereocenters. The van der Waals surface area contributed by atoms with E-state index in [1.165, 1.54) is 0 Å². The Hall–Kier alpha value is -3.40. The minimum Gasteiger partial charge on any atom is -0.340 e. The van der Waals surface area contributed by atoms with Crippen LogP contribution < -0.4 is 5.56 Å². The van der Waals surface area contributed by atoms with Crippen LogP contribution in [0.5, 0.6) is 0 Å². The van der Waals surface area contributed by atoms with E-state index in [2.05, 4.69) is 11.9 Å². The first-order valence-electron chi connectivity index (χ1n) is 11.6. The van der Waals surface area contributed by atoms with Crippen molar-refractivity contribution in [3.05, 3.63) is 68.6 Å². The van der Waals surface area contributed by atoms with Crippen molar-refractivity contribution in [2.24, 2.45) is 0 Å². The van der Waals surface area contributed by atoms with E-state index in [0.717, 1.165) is 24.8 Å². The van der Waals surface area contributed by atoms with Gasteiger partial charge >= 0.3 is 0 Å². The van der Waals surface area contributed by atoms with E-state index >= 15 is 0 Å². The Morgan fingerprint density at radius 1 is 1.18 bits per heavy atom. The van der Waals surface area contributed by atoms with E-state index in [9.17, 15) is 19.6 Å². The quantitative estimate of drug-likeness (QED) is 0.702. The summed E-state index contributed by atoms with van der Waals surface area (Å²) in [6.45, 7) is 7.58. The number of piperidine rings is 1. The summed E-state index contributed by atoms with van der Waals surface area (Å²) in [5, 5.41) is 9.28. The van der Waals surface area contributed by atoms with Crippen LogP contribution in [0.15, 0.2) is 35.1 Å². The number of aryl methyl sites for hydroxylation is 1. The number of aromatic amines is 1. The number of carbonyl (C=O) groups excluding carboxylic acids is 2. The van der Waals surface area contributed by atoms with Gasteiger partial charge in [0, 0.05) is 43.4 Å². The molecule has 1 fully saturated rings. The van der Waals surface area contributed by atoms with E-state index in [4.69, 9.17) is 0 Å². The first kappa shape index (κ1) is 24.2. The summed E-state index contributed by atoms with van der Waals surface area (Å²) in [6, 6.07) is 11.4. The minimum absolute atomic E-state index is 0.0414. The van der Waals surface area contributed by atoms with Gasteiger partial charge in [0.25, 0.3) is 11.5 Å². The Morgan fingerprint density at radius 3 is 2.45 bits per heavy atom. The molecule has 174 valence electrons. The molecule has 0 radical (unpaired) electrons. The summed E-state index contributed by atoms with van der Waals surface area (Å²) in [4.78, 5) is 44.5. The zero-order chi connectivity index (χ0) is 24.0. The van der Waals surface area contributed by atoms with Crippen molar-refractivity contribution in [2.75, 3.05) is 19.6 Å². The second kappa shape index (κ2) is 11.0. The molecule has 1 aliphatic heterocycles. The molecule has 0 bridgehead atoms. The normalized spacial score (nSPS) is 14.1. The predicted octanol–water partition coefficient (Wildman–Crippen LogP) is 3.34. The van der Waals surface area contributed by atoms with E-state index in [-0.39, 0.29) is 29.0 Å². The van der Waals surface area contributed by atoms with Crippen LogP contribution in [0.1, 0.15) is 65.3 Å². The summed E-state index contributed by atoms with van der Waals surface area (Å²) in [5.41, 5.74) is 2.65. The lowest BCUT2D eigenvalue weighted by molar-refractivity contribution is -0.134. The standard InChI is InChI=1S/C26H32N4O3/c1-4-14-30(21-12-15-29(16-13-21)26(33)20-8-6-5-7-9-20)24(31)11-10-22-18(2)23(17-27)25(32)28-19(22)3/h5-9,21H,4,10-16H2,1-3H3,(H,28,32). The summed E-state index contributed by atoms with van der Waals surface area (Å²) in [7, 11) is 0. The van der Waals surface area contributed by atoms with Crippen LogP contribution in [0.4, 0.5) is 0 Å². The van der Waals surface area contributed by atoms with E-state index in [1.807, 2.05) is 46.2 Å². The average molecular weight is 449 g/mol. The summed E-state index contributed by atoms with van der Waals surface area (Å²) in [6.07, 6.45) is 3.19. The van der Waals surface area contributed by atoms with Crippen LogP contribution in [0.3, 0.4) is 0 Å². The number of pyridine rings is 1. The maximum atomic E-state index is 13.2. The number of rotatable bonds is 7. The number of nitrogens with one attached hydrogen (secondary N) is 1. The van der Waals surface area contributed by atoms with Gasteiger partial charge in [-0.2, -0.15) is 5.26 Å². The Labute approximate surface area is 195 Å². The van der Waals surface area contributed by atoms with Crippen molar-refractivity contribution in [1.29, 1.82) is 5.26 Å². The number of hydrogen-bond donors (Lipinski definition) is 1. The third kappa shape index (κ3) is 5.51. The summed E-state index contributed by atoms with van der Waals surface area (Å²) < 4.78 is 0. The van der Waals surface area contributed by atoms with E-state index in [1.54, 1.807) is 13.8 Å². The lowest BCUT2D eigenvalue weighted by Crippen LogP contribution is -2.49. The highest BCUT2D eigenvalue weighted by Gasteiger charge is 2.29. The monoisotopic (exact) mass is 448 g/mol. The average Bonchev–Trinajstić information content (AvgIpc) is 2.82. The Morgan fingerprint density at radius 2 is 1.85 bits per heavy atom. The van der Waals surface area contributed by atoms with Gasteiger partial charge in [-0.1, -0.05) is 25.1 Å². The molecule has 2 amide bonds. The van der Waals surface area contributed by atoms with Crippen LogP contribution in [0.25, 0.3) is 0 Å². The van der Waals surface area contributed by atoms with E-state index in [0.29, 0.717) is 49.3 Å². The number of hydrogen-bond acceptors (Lipinski definition) is 4. The van der Waals surface area contributed by atoms with Gasteiger partial charge in [-0.05, 0) is 62.8 Å². The van der Waals surface area contributed by atoms with Gasteiger partial charge in [-0.25, -0.2) is 0 Å². The second-order valence-electron chi connectivity index (χ2n) is 8.65. The van der Waals surface area contributed by atoms with Crippen molar-refractivity contribution in [3.63, 3.8) is 0 Å². The van der Waals surface area contributed by atoms with Crippen LogP contribution in [0, 0.1) is 25.2 Å². The highest BCUT2D eigenvalue weighted by atomic mass is 16.2.